The molecule has 0 radical (unpaired) electrons. The highest BCUT2D eigenvalue weighted by Gasteiger charge is 2.31. The summed E-state index contributed by atoms with van der Waals surface area (Å²) >= 11 is 0. The van der Waals surface area contributed by atoms with E-state index in [1.54, 1.807) is 0 Å². The van der Waals surface area contributed by atoms with Crippen molar-refractivity contribution in [3.8, 4) is 5.75 Å². The highest BCUT2D eigenvalue weighted by Crippen LogP contribution is 2.27. The molecule has 2 N–H and O–H groups in total. The molecule has 1 aliphatic rings. The number of rotatable bonds is 5. The zero-order valence-electron chi connectivity index (χ0n) is 12.9. The largest absolute Gasteiger partial charge is 0.496 e. The van der Waals surface area contributed by atoms with E-state index in [-0.39, 0.29) is 22.3 Å². The van der Waals surface area contributed by atoms with Crippen LogP contribution in [0.4, 0.5) is 0 Å². The molecule has 1 aromatic carbocycles. The lowest BCUT2D eigenvalue weighted by molar-refractivity contribution is -0.141. The molecule has 126 valence electrons. The second-order valence-corrected chi connectivity index (χ2v) is 7.67. The van der Waals surface area contributed by atoms with Crippen molar-refractivity contribution >= 4 is 21.7 Å². The molecular weight excluding hydrogens is 322 g/mol. The maximum absolute atomic E-state index is 12.4. The number of aliphatic carboxylic acids is 1. The number of benzene rings is 1. The fourth-order valence-corrected chi connectivity index (χ4v) is 3.34. The first-order valence-corrected chi connectivity index (χ1v) is 9.03. The molecule has 2 atom stereocenters. The number of carbonyl (C=O) groups is 2. The zero-order chi connectivity index (χ0) is 17.2. The molecule has 0 bridgehead atoms. The Morgan fingerprint density at radius 3 is 2.52 bits per heavy atom. The van der Waals surface area contributed by atoms with Crippen molar-refractivity contribution < 1.29 is 27.9 Å². The third kappa shape index (κ3) is 4.01. The van der Waals surface area contributed by atoms with Gasteiger partial charge >= 0.3 is 5.97 Å². The van der Waals surface area contributed by atoms with E-state index >= 15 is 0 Å². The van der Waals surface area contributed by atoms with Crippen molar-refractivity contribution in [1.82, 2.24) is 5.32 Å². The number of nitrogens with one attached hydrogen (secondary N) is 1. The van der Waals surface area contributed by atoms with Crippen LogP contribution < -0.4 is 10.1 Å². The highest BCUT2D eigenvalue weighted by molar-refractivity contribution is 7.90. The second kappa shape index (κ2) is 6.57. The maximum Gasteiger partial charge on any atom is 0.306 e. The van der Waals surface area contributed by atoms with Crippen LogP contribution in [0.2, 0.25) is 0 Å². The quantitative estimate of drug-likeness (QED) is 0.829. The molecule has 0 unspecified atom stereocenters. The van der Waals surface area contributed by atoms with Crippen molar-refractivity contribution in [1.29, 1.82) is 0 Å². The van der Waals surface area contributed by atoms with E-state index in [0.717, 1.165) is 6.26 Å². The highest BCUT2D eigenvalue weighted by atomic mass is 32.2. The van der Waals surface area contributed by atoms with Crippen LogP contribution in [0, 0.1) is 5.92 Å². The molecular formula is C15H19NO6S. The van der Waals surface area contributed by atoms with E-state index in [1.807, 2.05) is 0 Å². The van der Waals surface area contributed by atoms with Crippen LogP contribution >= 0.6 is 0 Å². The Morgan fingerprint density at radius 1 is 1.30 bits per heavy atom. The summed E-state index contributed by atoms with van der Waals surface area (Å²) in [6.07, 6.45) is 2.53. The van der Waals surface area contributed by atoms with Crippen LogP contribution in [-0.2, 0) is 14.6 Å². The lowest BCUT2D eigenvalue weighted by Gasteiger charge is -2.15. The van der Waals surface area contributed by atoms with Gasteiger partial charge in [-0.1, -0.05) is 0 Å². The third-order valence-electron chi connectivity index (χ3n) is 3.96. The third-order valence-corrected chi connectivity index (χ3v) is 5.07. The zero-order valence-corrected chi connectivity index (χ0v) is 13.7. The number of ether oxygens (including phenoxy) is 1. The average Bonchev–Trinajstić information content (AvgIpc) is 2.94. The molecule has 2 rings (SSSR count). The summed E-state index contributed by atoms with van der Waals surface area (Å²) in [5, 5.41) is 11.7. The predicted octanol–water partition coefficient (Wildman–Crippen LogP) is 1.08. The Hall–Kier alpha value is -2.09. The molecule has 1 aliphatic carbocycles. The van der Waals surface area contributed by atoms with Gasteiger partial charge in [0.15, 0.2) is 9.84 Å². The minimum Gasteiger partial charge on any atom is -0.496 e. The number of amides is 1. The van der Waals surface area contributed by atoms with Crippen LogP contribution in [0.5, 0.6) is 5.75 Å². The predicted molar refractivity (Wildman–Crippen MR) is 82.3 cm³/mol. The van der Waals surface area contributed by atoms with Crippen molar-refractivity contribution in [3.05, 3.63) is 23.8 Å². The molecule has 8 heteroatoms. The van der Waals surface area contributed by atoms with Gasteiger partial charge in [0.1, 0.15) is 5.75 Å². The van der Waals surface area contributed by atoms with Crippen molar-refractivity contribution in [3.63, 3.8) is 0 Å². The minimum absolute atomic E-state index is 0.0262. The van der Waals surface area contributed by atoms with Crippen LogP contribution in [0.15, 0.2) is 23.1 Å². The van der Waals surface area contributed by atoms with E-state index in [0.29, 0.717) is 19.3 Å². The summed E-state index contributed by atoms with van der Waals surface area (Å²) in [5.41, 5.74) is 0.120. The Balaban J connectivity index is 2.20. The first kappa shape index (κ1) is 17.3. The van der Waals surface area contributed by atoms with E-state index in [9.17, 15) is 18.0 Å². The molecule has 23 heavy (non-hydrogen) atoms. The number of sulfone groups is 1. The first-order valence-electron chi connectivity index (χ1n) is 7.14. The summed E-state index contributed by atoms with van der Waals surface area (Å²) in [6, 6.07) is 3.84. The smallest absolute Gasteiger partial charge is 0.306 e. The van der Waals surface area contributed by atoms with Crippen LogP contribution in [0.25, 0.3) is 0 Å². The topological polar surface area (TPSA) is 110 Å². The minimum atomic E-state index is -3.44. The fraction of sp³-hybridized carbons (Fsp3) is 0.467. The SMILES string of the molecule is COc1ccc(S(C)(=O)=O)cc1C(=O)N[C@H]1CC[C@@H](C(=O)O)C1. The van der Waals surface area contributed by atoms with Gasteiger partial charge < -0.3 is 15.2 Å². The molecule has 1 saturated carbocycles. The van der Waals surface area contributed by atoms with Gasteiger partial charge in [-0.15, -0.1) is 0 Å². The van der Waals surface area contributed by atoms with Crippen LogP contribution in [0.1, 0.15) is 29.6 Å². The molecule has 0 heterocycles. The number of carboxylic acids is 1. The van der Waals surface area contributed by atoms with Gasteiger partial charge in [-0.2, -0.15) is 0 Å². The Kier molecular flexibility index (Phi) is 4.93. The average molecular weight is 341 g/mol. The van der Waals surface area contributed by atoms with E-state index in [2.05, 4.69) is 5.32 Å². The monoisotopic (exact) mass is 341 g/mol. The first-order chi connectivity index (χ1) is 10.7. The molecule has 0 aromatic heterocycles. The van der Waals surface area contributed by atoms with Gasteiger partial charge in [-0.05, 0) is 37.5 Å². The molecule has 0 saturated heterocycles. The van der Waals surface area contributed by atoms with Gasteiger partial charge in [0.05, 0.1) is 23.5 Å². The summed E-state index contributed by atoms with van der Waals surface area (Å²) in [5.74, 6) is -1.52. The van der Waals surface area contributed by atoms with Gasteiger partial charge in [-0.25, -0.2) is 8.42 Å². The molecule has 0 spiro atoms. The van der Waals surface area contributed by atoms with E-state index < -0.39 is 27.6 Å². The number of carbonyl (C=O) groups excluding carboxylic acids is 1. The number of methoxy groups -OCH3 is 1. The van der Waals surface area contributed by atoms with Crippen LogP contribution in [0.3, 0.4) is 0 Å². The number of carboxylic acid groups (broad SMARTS) is 1. The molecule has 7 nitrogen and oxygen atoms in total. The molecule has 1 aromatic rings. The summed E-state index contributed by atoms with van der Waals surface area (Å²) in [7, 11) is -2.05. The maximum atomic E-state index is 12.4. The summed E-state index contributed by atoms with van der Waals surface area (Å²) in [4.78, 5) is 23.4. The summed E-state index contributed by atoms with van der Waals surface area (Å²) < 4.78 is 28.4. The molecule has 1 amide bonds. The van der Waals surface area contributed by atoms with Crippen molar-refractivity contribution in [2.24, 2.45) is 5.92 Å². The van der Waals surface area contributed by atoms with Gasteiger partial charge in [0.2, 0.25) is 0 Å². The lowest BCUT2D eigenvalue weighted by Crippen LogP contribution is -2.33. The van der Waals surface area contributed by atoms with Crippen LogP contribution in [-0.4, -0.2) is 44.8 Å². The number of hydrogen-bond donors (Lipinski definition) is 2. The van der Waals surface area contributed by atoms with E-state index in [4.69, 9.17) is 9.84 Å². The standard InChI is InChI=1S/C15H19NO6S/c1-22-13-6-5-11(23(2,20)21)8-12(13)14(17)16-10-4-3-9(7-10)15(18)19/h5-6,8-10H,3-4,7H2,1-2H3,(H,16,17)(H,18,19)/t9-,10+/m1/s1. The van der Waals surface area contributed by atoms with E-state index in [1.165, 1.54) is 25.3 Å². The Morgan fingerprint density at radius 2 is 2.00 bits per heavy atom. The van der Waals surface area contributed by atoms with Crippen molar-refractivity contribution in [2.45, 2.75) is 30.2 Å². The van der Waals surface area contributed by atoms with Gasteiger partial charge in [0, 0.05) is 12.3 Å². The van der Waals surface area contributed by atoms with Gasteiger partial charge in [0.25, 0.3) is 5.91 Å². The Bertz CT molecular complexity index is 727. The second-order valence-electron chi connectivity index (χ2n) is 5.65. The number of hydrogen-bond acceptors (Lipinski definition) is 5. The summed E-state index contributed by atoms with van der Waals surface area (Å²) in [6.45, 7) is 0. The van der Waals surface area contributed by atoms with Crippen molar-refractivity contribution in [2.75, 3.05) is 13.4 Å². The Labute approximate surface area is 134 Å². The van der Waals surface area contributed by atoms with Gasteiger partial charge in [-0.3, -0.25) is 9.59 Å². The molecule has 0 aliphatic heterocycles. The lowest BCUT2D eigenvalue weighted by atomic mass is 10.1. The normalized spacial score (nSPS) is 21.0. The fourth-order valence-electron chi connectivity index (χ4n) is 2.70. The molecule has 1 fully saturated rings.